The smallest absolute Gasteiger partial charge is 0.123 e. The minimum Gasteiger partial charge on any atom is -0.311 e. The number of nitrogens with one attached hydrogen (secondary N) is 1. The lowest BCUT2D eigenvalue weighted by atomic mass is 9.84. The summed E-state index contributed by atoms with van der Waals surface area (Å²) in [5, 5.41) is 3.43. The van der Waals surface area contributed by atoms with Gasteiger partial charge in [-0.3, -0.25) is 0 Å². The van der Waals surface area contributed by atoms with Crippen LogP contribution in [0, 0.1) is 5.82 Å². The fourth-order valence-corrected chi connectivity index (χ4v) is 3.35. The van der Waals surface area contributed by atoms with Crippen molar-refractivity contribution in [2.75, 3.05) is 0 Å². The van der Waals surface area contributed by atoms with E-state index >= 15 is 0 Å². The average molecular weight is 237 g/mol. The van der Waals surface area contributed by atoms with Crippen LogP contribution in [-0.2, 0) is 6.42 Å². The highest BCUT2D eigenvalue weighted by Gasteiger charge is 2.43. The van der Waals surface area contributed by atoms with Gasteiger partial charge in [0.05, 0.1) is 0 Å². The first-order chi connectivity index (χ1) is 8.13. The van der Waals surface area contributed by atoms with Gasteiger partial charge >= 0.3 is 0 Å². The topological polar surface area (TPSA) is 12.0 Å². The number of benzene rings is 1. The van der Waals surface area contributed by atoms with Crippen LogP contribution in [0.4, 0.5) is 8.78 Å². The molecule has 1 aromatic rings. The van der Waals surface area contributed by atoms with E-state index in [4.69, 9.17) is 0 Å². The Hall–Kier alpha value is -0.960. The highest BCUT2D eigenvalue weighted by atomic mass is 19.1. The van der Waals surface area contributed by atoms with Gasteiger partial charge < -0.3 is 5.32 Å². The largest absolute Gasteiger partial charge is 0.311 e. The Kier molecular flexibility index (Phi) is 2.66. The lowest BCUT2D eigenvalue weighted by Crippen LogP contribution is -2.47. The standard InChI is InChI=1S/C14H17F2N/c15-11-3-1-2-10(6-11)7-14(16)8-12-4-5-13(9-14)17-12/h1-3,6,12-13,17H,4-5,7-9H2. The molecule has 0 amide bonds. The molecule has 2 unspecified atom stereocenters. The van der Waals surface area contributed by atoms with Crippen LogP contribution >= 0.6 is 0 Å². The van der Waals surface area contributed by atoms with Crippen LogP contribution < -0.4 is 5.32 Å². The Balaban J connectivity index is 1.76. The summed E-state index contributed by atoms with van der Waals surface area (Å²) >= 11 is 0. The second-order valence-electron chi connectivity index (χ2n) is 5.50. The molecule has 2 aliphatic rings. The lowest BCUT2D eigenvalue weighted by molar-refractivity contribution is 0.0893. The van der Waals surface area contributed by atoms with Crippen molar-refractivity contribution in [2.45, 2.75) is 49.9 Å². The van der Waals surface area contributed by atoms with E-state index < -0.39 is 5.67 Å². The van der Waals surface area contributed by atoms with Gasteiger partial charge in [-0.2, -0.15) is 0 Å². The van der Waals surface area contributed by atoms with E-state index in [1.807, 2.05) is 6.07 Å². The second kappa shape index (κ2) is 4.05. The van der Waals surface area contributed by atoms with Crippen LogP contribution in [0.25, 0.3) is 0 Å². The molecule has 1 N–H and O–H groups in total. The first-order valence-corrected chi connectivity index (χ1v) is 6.32. The summed E-state index contributed by atoms with van der Waals surface area (Å²) in [4.78, 5) is 0. The molecule has 17 heavy (non-hydrogen) atoms. The Bertz CT molecular complexity index is 406. The SMILES string of the molecule is Fc1cccc(CC2(F)CC3CCC(C2)N3)c1. The van der Waals surface area contributed by atoms with E-state index in [1.54, 1.807) is 6.07 Å². The number of fused-ring (bicyclic) bond motifs is 2. The lowest BCUT2D eigenvalue weighted by Gasteiger charge is -2.35. The molecule has 0 spiro atoms. The van der Waals surface area contributed by atoms with E-state index in [9.17, 15) is 8.78 Å². The monoisotopic (exact) mass is 237 g/mol. The maximum Gasteiger partial charge on any atom is 0.123 e. The number of hydrogen-bond donors (Lipinski definition) is 1. The quantitative estimate of drug-likeness (QED) is 0.833. The average Bonchev–Trinajstić information content (AvgIpc) is 2.58. The van der Waals surface area contributed by atoms with Crippen molar-refractivity contribution in [3.8, 4) is 0 Å². The molecule has 3 rings (SSSR count). The van der Waals surface area contributed by atoms with Crippen LogP contribution in [0.3, 0.4) is 0 Å². The Morgan fingerprint density at radius 2 is 1.94 bits per heavy atom. The van der Waals surface area contributed by atoms with Gasteiger partial charge in [0.25, 0.3) is 0 Å². The summed E-state index contributed by atoms with van der Waals surface area (Å²) in [6.45, 7) is 0. The molecule has 2 heterocycles. The van der Waals surface area contributed by atoms with E-state index in [1.165, 1.54) is 12.1 Å². The zero-order valence-electron chi connectivity index (χ0n) is 9.76. The molecule has 2 aliphatic heterocycles. The number of piperidine rings is 1. The highest BCUT2D eigenvalue weighted by Crippen LogP contribution is 2.38. The zero-order chi connectivity index (χ0) is 11.9. The molecule has 3 heteroatoms. The maximum absolute atomic E-state index is 14.8. The molecule has 2 saturated heterocycles. The van der Waals surface area contributed by atoms with Crippen LogP contribution in [-0.4, -0.2) is 17.8 Å². The summed E-state index contributed by atoms with van der Waals surface area (Å²) in [6.07, 6.45) is 3.65. The van der Waals surface area contributed by atoms with E-state index in [0.717, 1.165) is 18.4 Å². The van der Waals surface area contributed by atoms with Gasteiger partial charge in [-0.25, -0.2) is 8.78 Å². The molecule has 92 valence electrons. The number of hydrogen-bond acceptors (Lipinski definition) is 1. The van der Waals surface area contributed by atoms with Gasteiger partial charge in [-0.15, -0.1) is 0 Å². The summed E-state index contributed by atoms with van der Waals surface area (Å²) in [5.74, 6) is -0.275. The molecule has 0 aromatic heterocycles. The molecule has 1 aromatic carbocycles. The van der Waals surface area contributed by atoms with Gasteiger partial charge in [0.2, 0.25) is 0 Å². The Morgan fingerprint density at radius 3 is 2.59 bits per heavy atom. The number of halogens is 2. The van der Waals surface area contributed by atoms with Crippen LogP contribution in [0.2, 0.25) is 0 Å². The summed E-state index contributed by atoms with van der Waals surface area (Å²) in [7, 11) is 0. The predicted octanol–water partition coefficient (Wildman–Crippen LogP) is 2.99. The first kappa shape index (κ1) is 11.1. The third-order valence-electron chi connectivity index (χ3n) is 3.97. The molecular weight excluding hydrogens is 220 g/mol. The van der Waals surface area contributed by atoms with E-state index in [-0.39, 0.29) is 5.82 Å². The fourth-order valence-electron chi connectivity index (χ4n) is 3.35. The van der Waals surface area contributed by atoms with E-state index in [0.29, 0.717) is 31.3 Å². The van der Waals surface area contributed by atoms with Gasteiger partial charge in [-0.1, -0.05) is 12.1 Å². The van der Waals surface area contributed by atoms with Gasteiger partial charge in [0.15, 0.2) is 0 Å². The predicted molar refractivity (Wildman–Crippen MR) is 63.1 cm³/mol. The molecule has 1 nitrogen and oxygen atoms in total. The van der Waals surface area contributed by atoms with E-state index in [2.05, 4.69) is 5.32 Å². The molecular formula is C14H17F2N. The minimum atomic E-state index is -1.15. The normalized spacial score (nSPS) is 36.1. The van der Waals surface area contributed by atoms with Crippen molar-refractivity contribution in [3.05, 3.63) is 35.6 Å². The van der Waals surface area contributed by atoms with Gasteiger partial charge in [-0.05, 0) is 43.4 Å². The fraction of sp³-hybridized carbons (Fsp3) is 0.571. The molecule has 2 atom stereocenters. The second-order valence-corrected chi connectivity index (χ2v) is 5.50. The third-order valence-corrected chi connectivity index (χ3v) is 3.97. The summed E-state index contributed by atoms with van der Waals surface area (Å²) < 4.78 is 27.8. The van der Waals surface area contributed by atoms with Crippen molar-refractivity contribution in [1.82, 2.24) is 5.32 Å². The molecule has 0 aliphatic carbocycles. The van der Waals surface area contributed by atoms with Crippen molar-refractivity contribution in [1.29, 1.82) is 0 Å². The third kappa shape index (κ3) is 2.34. The number of rotatable bonds is 2. The van der Waals surface area contributed by atoms with Crippen molar-refractivity contribution in [3.63, 3.8) is 0 Å². The van der Waals surface area contributed by atoms with Crippen molar-refractivity contribution in [2.24, 2.45) is 0 Å². The molecule has 2 fully saturated rings. The maximum atomic E-state index is 14.8. The minimum absolute atomic E-state index is 0.275. The highest BCUT2D eigenvalue weighted by molar-refractivity contribution is 5.19. The van der Waals surface area contributed by atoms with Crippen molar-refractivity contribution >= 4 is 0 Å². The summed E-state index contributed by atoms with van der Waals surface area (Å²) in [5.41, 5.74) is -0.376. The van der Waals surface area contributed by atoms with Crippen LogP contribution in [0.1, 0.15) is 31.2 Å². The van der Waals surface area contributed by atoms with Crippen LogP contribution in [0.5, 0.6) is 0 Å². The van der Waals surface area contributed by atoms with Crippen LogP contribution in [0.15, 0.2) is 24.3 Å². The zero-order valence-corrected chi connectivity index (χ0v) is 9.76. The first-order valence-electron chi connectivity index (χ1n) is 6.32. The summed E-state index contributed by atoms with van der Waals surface area (Å²) in [6, 6.07) is 6.98. The van der Waals surface area contributed by atoms with Gasteiger partial charge in [0, 0.05) is 18.5 Å². The Labute approximate surface area is 100 Å². The molecule has 0 saturated carbocycles. The molecule has 0 radical (unpaired) electrons. The molecule has 2 bridgehead atoms. The van der Waals surface area contributed by atoms with Gasteiger partial charge in [0.1, 0.15) is 11.5 Å². The number of alkyl halides is 1. The Morgan fingerprint density at radius 1 is 1.24 bits per heavy atom. The van der Waals surface area contributed by atoms with Crippen molar-refractivity contribution < 1.29 is 8.78 Å².